The second kappa shape index (κ2) is 4.99. The zero-order chi connectivity index (χ0) is 10.6. The van der Waals surface area contributed by atoms with Gasteiger partial charge in [0.2, 0.25) is 0 Å². The zero-order valence-corrected chi connectivity index (χ0v) is 9.45. The number of nitrogens with zero attached hydrogens (tertiary/aromatic N) is 2. The molecule has 0 saturated heterocycles. The van der Waals surface area contributed by atoms with Crippen molar-refractivity contribution in [2.45, 2.75) is 40.2 Å². The van der Waals surface area contributed by atoms with Crippen LogP contribution in [-0.4, -0.2) is 9.78 Å². The molecule has 0 aliphatic heterocycles. The molecule has 0 radical (unpaired) electrons. The Morgan fingerprint density at radius 1 is 1.57 bits per heavy atom. The lowest BCUT2D eigenvalue weighted by Gasteiger charge is -2.09. The van der Waals surface area contributed by atoms with Gasteiger partial charge in [0.25, 0.3) is 0 Å². The molecule has 0 saturated carbocycles. The van der Waals surface area contributed by atoms with Gasteiger partial charge in [-0.1, -0.05) is 26.0 Å². The Morgan fingerprint density at radius 2 is 2.29 bits per heavy atom. The second-order valence-electron chi connectivity index (χ2n) is 3.95. The second-order valence-corrected chi connectivity index (χ2v) is 3.95. The van der Waals surface area contributed by atoms with Gasteiger partial charge in [-0.25, -0.2) is 0 Å². The minimum atomic E-state index is 0.591. The van der Waals surface area contributed by atoms with Crippen LogP contribution in [0.4, 0.5) is 0 Å². The normalized spacial score (nSPS) is 10.9. The van der Waals surface area contributed by atoms with Crippen molar-refractivity contribution in [3.05, 3.63) is 30.1 Å². The number of rotatable bonds is 5. The Balaban J connectivity index is 2.49. The smallest absolute Gasteiger partial charge is 0.0492 e. The first-order chi connectivity index (χ1) is 6.65. The van der Waals surface area contributed by atoms with Gasteiger partial charge in [-0.15, -0.1) is 0 Å². The van der Waals surface area contributed by atoms with Crippen molar-refractivity contribution in [2.24, 2.45) is 5.92 Å². The van der Waals surface area contributed by atoms with Crippen LogP contribution in [0.1, 0.15) is 32.9 Å². The molecule has 1 aromatic heterocycles. The van der Waals surface area contributed by atoms with Gasteiger partial charge in [0.1, 0.15) is 0 Å². The van der Waals surface area contributed by atoms with Gasteiger partial charge in [0.05, 0.1) is 0 Å². The Hall–Kier alpha value is -1.05. The summed E-state index contributed by atoms with van der Waals surface area (Å²) in [7, 11) is 0. The average Bonchev–Trinajstić information content (AvgIpc) is 2.60. The number of aryl methyl sites for hydroxylation is 2. The molecule has 0 aromatic carbocycles. The first-order valence-corrected chi connectivity index (χ1v) is 5.33. The molecule has 0 aliphatic rings. The van der Waals surface area contributed by atoms with Crippen LogP contribution in [0, 0.1) is 5.92 Å². The molecule has 0 unspecified atom stereocenters. The third kappa shape index (κ3) is 2.72. The summed E-state index contributed by atoms with van der Waals surface area (Å²) in [5, 5.41) is 4.24. The minimum absolute atomic E-state index is 0.591. The van der Waals surface area contributed by atoms with Crippen molar-refractivity contribution in [2.75, 3.05) is 0 Å². The van der Waals surface area contributed by atoms with E-state index in [0.717, 1.165) is 19.4 Å². The van der Waals surface area contributed by atoms with E-state index >= 15 is 0 Å². The van der Waals surface area contributed by atoms with Crippen molar-refractivity contribution in [1.82, 2.24) is 9.78 Å². The van der Waals surface area contributed by atoms with Crippen LogP contribution in [0.15, 0.2) is 24.4 Å². The summed E-state index contributed by atoms with van der Waals surface area (Å²) in [5.41, 5.74) is 2.64. The van der Waals surface area contributed by atoms with E-state index in [1.165, 1.54) is 11.3 Å². The van der Waals surface area contributed by atoms with Crippen molar-refractivity contribution >= 4 is 0 Å². The van der Waals surface area contributed by atoms with Crippen molar-refractivity contribution in [3.8, 4) is 0 Å². The van der Waals surface area contributed by atoms with Gasteiger partial charge in [-0.3, -0.25) is 4.68 Å². The molecule has 0 bridgehead atoms. The summed E-state index contributed by atoms with van der Waals surface area (Å²) >= 11 is 0. The maximum absolute atomic E-state index is 4.24. The molecule has 1 aromatic rings. The summed E-state index contributed by atoms with van der Waals surface area (Å²) in [6.07, 6.45) is 4.01. The lowest BCUT2D eigenvalue weighted by molar-refractivity contribution is 0.609. The molecule has 2 heteroatoms. The minimum Gasteiger partial charge on any atom is -0.270 e. The third-order valence-electron chi connectivity index (χ3n) is 2.62. The lowest BCUT2D eigenvalue weighted by atomic mass is 9.99. The maximum atomic E-state index is 4.24. The van der Waals surface area contributed by atoms with Crippen LogP contribution in [0.5, 0.6) is 0 Å². The number of hydrogen-bond acceptors (Lipinski definition) is 1. The van der Waals surface area contributed by atoms with Gasteiger partial charge >= 0.3 is 0 Å². The predicted octanol–water partition coefficient (Wildman–Crippen LogP) is 3.05. The van der Waals surface area contributed by atoms with Crippen LogP contribution >= 0.6 is 0 Å². The molecular weight excluding hydrogens is 172 g/mol. The van der Waals surface area contributed by atoms with E-state index in [-0.39, 0.29) is 0 Å². The fourth-order valence-electron chi connectivity index (χ4n) is 1.43. The SMILES string of the molecule is C=C(CCc1ccnn1CC)C(C)C. The Labute approximate surface area is 86.6 Å². The molecule has 0 spiro atoms. The fourth-order valence-corrected chi connectivity index (χ4v) is 1.43. The van der Waals surface area contributed by atoms with Crippen LogP contribution in [0.2, 0.25) is 0 Å². The molecule has 78 valence electrons. The van der Waals surface area contributed by atoms with Crippen LogP contribution < -0.4 is 0 Å². The molecule has 0 fully saturated rings. The number of allylic oxidation sites excluding steroid dienone is 1. The highest BCUT2D eigenvalue weighted by molar-refractivity contribution is 5.06. The van der Waals surface area contributed by atoms with Gasteiger partial charge in [0, 0.05) is 18.4 Å². The van der Waals surface area contributed by atoms with Crippen LogP contribution in [-0.2, 0) is 13.0 Å². The zero-order valence-electron chi connectivity index (χ0n) is 9.45. The van der Waals surface area contributed by atoms with Crippen molar-refractivity contribution in [1.29, 1.82) is 0 Å². The van der Waals surface area contributed by atoms with Gasteiger partial charge in [0.15, 0.2) is 0 Å². The summed E-state index contributed by atoms with van der Waals surface area (Å²) in [5.74, 6) is 0.591. The highest BCUT2D eigenvalue weighted by Gasteiger charge is 2.04. The summed E-state index contributed by atoms with van der Waals surface area (Å²) in [6.45, 7) is 11.5. The highest BCUT2D eigenvalue weighted by atomic mass is 15.3. The summed E-state index contributed by atoms with van der Waals surface area (Å²) < 4.78 is 2.05. The van der Waals surface area contributed by atoms with Gasteiger partial charge in [-0.05, 0) is 31.7 Å². The Morgan fingerprint density at radius 3 is 2.86 bits per heavy atom. The molecule has 0 atom stereocenters. The largest absolute Gasteiger partial charge is 0.270 e. The maximum Gasteiger partial charge on any atom is 0.0492 e. The van der Waals surface area contributed by atoms with E-state index in [4.69, 9.17) is 0 Å². The first-order valence-electron chi connectivity index (χ1n) is 5.33. The number of hydrogen-bond donors (Lipinski definition) is 0. The number of aromatic nitrogens is 2. The van der Waals surface area contributed by atoms with E-state index in [9.17, 15) is 0 Å². The molecule has 0 aliphatic carbocycles. The fraction of sp³-hybridized carbons (Fsp3) is 0.583. The Bertz CT molecular complexity index is 297. The van der Waals surface area contributed by atoms with Crippen molar-refractivity contribution < 1.29 is 0 Å². The van der Waals surface area contributed by atoms with E-state index in [0.29, 0.717) is 5.92 Å². The standard InChI is InChI=1S/C12H20N2/c1-5-14-12(8-9-13-14)7-6-11(4)10(2)3/h8-10H,4-7H2,1-3H3. The molecular formula is C12H20N2. The lowest BCUT2D eigenvalue weighted by Crippen LogP contribution is -2.04. The van der Waals surface area contributed by atoms with Crippen LogP contribution in [0.25, 0.3) is 0 Å². The van der Waals surface area contributed by atoms with E-state index in [1.807, 2.05) is 10.9 Å². The summed E-state index contributed by atoms with van der Waals surface area (Å²) in [4.78, 5) is 0. The Kier molecular flexibility index (Phi) is 3.93. The van der Waals surface area contributed by atoms with Crippen molar-refractivity contribution in [3.63, 3.8) is 0 Å². The monoisotopic (exact) mass is 192 g/mol. The van der Waals surface area contributed by atoms with Gasteiger partial charge < -0.3 is 0 Å². The molecule has 0 N–H and O–H groups in total. The topological polar surface area (TPSA) is 17.8 Å². The van der Waals surface area contributed by atoms with Gasteiger partial charge in [-0.2, -0.15) is 5.10 Å². The predicted molar refractivity (Wildman–Crippen MR) is 60.2 cm³/mol. The quantitative estimate of drug-likeness (QED) is 0.656. The molecule has 2 nitrogen and oxygen atoms in total. The first kappa shape index (κ1) is 11.0. The average molecular weight is 192 g/mol. The third-order valence-corrected chi connectivity index (χ3v) is 2.62. The van der Waals surface area contributed by atoms with E-state index < -0.39 is 0 Å². The van der Waals surface area contributed by atoms with E-state index in [1.54, 1.807) is 0 Å². The van der Waals surface area contributed by atoms with E-state index in [2.05, 4.69) is 38.5 Å². The molecule has 0 amide bonds. The van der Waals surface area contributed by atoms with Crippen LogP contribution in [0.3, 0.4) is 0 Å². The summed E-state index contributed by atoms with van der Waals surface area (Å²) in [6, 6.07) is 2.09. The molecule has 1 rings (SSSR count). The molecule has 1 heterocycles. The molecule has 14 heavy (non-hydrogen) atoms. The highest BCUT2D eigenvalue weighted by Crippen LogP contribution is 2.14.